The molecule has 0 bridgehead atoms. The lowest BCUT2D eigenvalue weighted by atomic mass is 10.2. The van der Waals surface area contributed by atoms with Crippen LogP contribution in [0.5, 0.6) is 0 Å². The molecule has 7 nitrogen and oxygen atoms in total. The molecule has 8 heteroatoms. The monoisotopic (exact) mass is 514 g/mol. The molecule has 1 atom stereocenters. The zero-order valence-electron chi connectivity index (χ0n) is 17.0. The van der Waals surface area contributed by atoms with E-state index in [1.807, 2.05) is 25.1 Å². The summed E-state index contributed by atoms with van der Waals surface area (Å²) < 4.78 is 10.8. The van der Waals surface area contributed by atoms with Crippen LogP contribution in [0.3, 0.4) is 0 Å². The molecule has 0 saturated heterocycles. The average molecular weight is 514 g/mol. The van der Waals surface area contributed by atoms with Crippen LogP contribution < -0.4 is 16.0 Å². The molecule has 0 aliphatic carbocycles. The summed E-state index contributed by atoms with van der Waals surface area (Å²) in [6, 6.07) is 13.5. The minimum Gasteiger partial charge on any atom is -0.459 e. The van der Waals surface area contributed by atoms with E-state index in [0.717, 1.165) is 12.5 Å². The molecule has 0 aliphatic heterocycles. The van der Waals surface area contributed by atoms with Gasteiger partial charge in [0.15, 0.2) is 11.7 Å². The van der Waals surface area contributed by atoms with Gasteiger partial charge in [-0.1, -0.05) is 37.3 Å². The highest BCUT2D eigenvalue weighted by atomic mass is 127. The number of carbonyl (C=O) groups is 1. The normalized spacial score (nSPS) is 12.0. The number of nitrogens with one attached hydrogen (secondary N) is 3. The summed E-state index contributed by atoms with van der Waals surface area (Å²) in [6.07, 6.45) is 1.48. The number of halogens is 1. The molecule has 1 aromatic carbocycles. The van der Waals surface area contributed by atoms with Crippen molar-refractivity contribution in [1.29, 1.82) is 0 Å². The molecule has 2 aromatic rings. The maximum Gasteiger partial charge on any atom is 0.287 e. The number of benzene rings is 1. The summed E-state index contributed by atoms with van der Waals surface area (Å²) in [7, 11) is 0. The van der Waals surface area contributed by atoms with Gasteiger partial charge in [-0.3, -0.25) is 9.79 Å². The Morgan fingerprint density at radius 3 is 2.55 bits per heavy atom. The summed E-state index contributed by atoms with van der Waals surface area (Å²) in [6.45, 7) is 7.85. The lowest BCUT2D eigenvalue weighted by molar-refractivity contribution is 0.0926. The number of furan rings is 1. The fourth-order valence-corrected chi connectivity index (χ4v) is 2.45. The second-order valence-electron chi connectivity index (χ2n) is 6.49. The van der Waals surface area contributed by atoms with Crippen LogP contribution in [-0.4, -0.2) is 44.7 Å². The van der Waals surface area contributed by atoms with E-state index in [1.54, 1.807) is 12.1 Å². The molecule has 29 heavy (non-hydrogen) atoms. The Morgan fingerprint density at radius 2 is 1.86 bits per heavy atom. The molecular weight excluding hydrogens is 483 g/mol. The van der Waals surface area contributed by atoms with E-state index in [-0.39, 0.29) is 29.9 Å². The number of ether oxygens (including phenoxy) is 1. The third-order valence-electron chi connectivity index (χ3n) is 3.87. The summed E-state index contributed by atoms with van der Waals surface area (Å²) in [5, 5.41) is 9.21. The molecule has 1 unspecified atom stereocenters. The molecule has 160 valence electrons. The van der Waals surface area contributed by atoms with Crippen molar-refractivity contribution >= 4 is 35.8 Å². The Balaban J connectivity index is 0.00000420. The fraction of sp³-hybridized carbons (Fsp3) is 0.429. The van der Waals surface area contributed by atoms with E-state index in [0.29, 0.717) is 44.5 Å². The van der Waals surface area contributed by atoms with Crippen molar-refractivity contribution in [2.45, 2.75) is 20.5 Å². The molecule has 1 heterocycles. The number of hydrogen-bond donors (Lipinski definition) is 3. The summed E-state index contributed by atoms with van der Waals surface area (Å²) in [5.74, 6) is 1.12. The van der Waals surface area contributed by atoms with Crippen LogP contribution in [-0.2, 0) is 11.3 Å². The second-order valence-corrected chi connectivity index (χ2v) is 6.49. The van der Waals surface area contributed by atoms with Gasteiger partial charge in [0, 0.05) is 26.2 Å². The van der Waals surface area contributed by atoms with Gasteiger partial charge in [-0.2, -0.15) is 0 Å². The van der Waals surface area contributed by atoms with E-state index in [1.165, 1.54) is 11.8 Å². The highest BCUT2D eigenvalue weighted by Gasteiger charge is 2.07. The molecule has 1 amide bonds. The first-order valence-corrected chi connectivity index (χ1v) is 9.64. The third-order valence-corrected chi connectivity index (χ3v) is 3.87. The van der Waals surface area contributed by atoms with Crippen molar-refractivity contribution in [2.75, 3.05) is 32.8 Å². The van der Waals surface area contributed by atoms with Gasteiger partial charge in [-0.15, -0.1) is 24.0 Å². The number of rotatable bonds is 11. The number of hydrogen-bond acceptors (Lipinski definition) is 4. The van der Waals surface area contributed by atoms with Gasteiger partial charge in [0.2, 0.25) is 0 Å². The van der Waals surface area contributed by atoms with Gasteiger partial charge >= 0.3 is 0 Å². The Hall–Kier alpha value is -2.07. The van der Waals surface area contributed by atoms with E-state index in [9.17, 15) is 4.79 Å². The lowest BCUT2D eigenvalue weighted by Gasteiger charge is -2.14. The van der Waals surface area contributed by atoms with Crippen LogP contribution in [0.15, 0.2) is 58.1 Å². The van der Waals surface area contributed by atoms with Crippen LogP contribution >= 0.6 is 24.0 Å². The Bertz CT molecular complexity index is 708. The Labute approximate surface area is 189 Å². The van der Waals surface area contributed by atoms with Gasteiger partial charge in [0.05, 0.1) is 19.5 Å². The number of aliphatic imine (C=N–C) groups is 1. The van der Waals surface area contributed by atoms with E-state index in [4.69, 9.17) is 9.15 Å². The molecule has 0 aliphatic rings. The van der Waals surface area contributed by atoms with Crippen molar-refractivity contribution < 1.29 is 13.9 Å². The quantitative estimate of drug-likeness (QED) is 0.186. The fourth-order valence-electron chi connectivity index (χ4n) is 2.45. The summed E-state index contributed by atoms with van der Waals surface area (Å²) >= 11 is 0. The minimum absolute atomic E-state index is 0. The van der Waals surface area contributed by atoms with Gasteiger partial charge in [0.1, 0.15) is 0 Å². The molecule has 0 radical (unpaired) electrons. The number of guanidine groups is 1. The van der Waals surface area contributed by atoms with Gasteiger partial charge in [-0.05, 0) is 30.5 Å². The summed E-state index contributed by atoms with van der Waals surface area (Å²) in [5.41, 5.74) is 1.17. The van der Waals surface area contributed by atoms with Gasteiger partial charge < -0.3 is 25.1 Å². The average Bonchev–Trinajstić information content (AvgIpc) is 3.25. The molecule has 2 rings (SSSR count). The maximum absolute atomic E-state index is 11.8. The van der Waals surface area contributed by atoms with Gasteiger partial charge in [-0.25, -0.2) is 0 Å². The zero-order chi connectivity index (χ0) is 20.0. The van der Waals surface area contributed by atoms with Crippen molar-refractivity contribution in [3.8, 4) is 0 Å². The first-order chi connectivity index (χ1) is 13.7. The van der Waals surface area contributed by atoms with Crippen molar-refractivity contribution in [3.63, 3.8) is 0 Å². The topological polar surface area (TPSA) is 87.9 Å². The van der Waals surface area contributed by atoms with E-state index < -0.39 is 0 Å². The Kier molecular flexibility index (Phi) is 12.8. The van der Waals surface area contributed by atoms with Crippen molar-refractivity contribution in [2.24, 2.45) is 10.9 Å². The van der Waals surface area contributed by atoms with E-state index >= 15 is 0 Å². The van der Waals surface area contributed by atoms with Crippen LogP contribution in [0, 0.1) is 5.92 Å². The first kappa shape index (κ1) is 25.0. The van der Waals surface area contributed by atoms with Crippen LogP contribution in [0.4, 0.5) is 0 Å². The molecular formula is C21H31IN4O3. The predicted molar refractivity (Wildman–Crippen MR) is 126 cm³/mol. The lowest BCUT2D eigenvalue weighted by Crippen LogP contribution is -2.41. The second kappa shape index (κ2) is 14.9. The van der Waals surface area contributed by atoms with Crippen LogP contribution in [0.25, 0.3) is 0 Å². The highest BCUT2D eigenvalue weighted by Crippen LogP contribution is 2.03. The minimum atomic E-state index is -0.224. The van der Waals surface area contributed by atoms with Crippen molar-refractivity contribution in [1.82, 2.24) is 16.0 Å². The SMILES string of the molecule is CCNC(=NCC(C)COCc1ccccc1)NCCNC(=O)c1ccco1.I. The molecule has 0 spiro atoms. The molecule has 0 fully saturated rings. The number of carbonyl (C=O) groups excluding carboxylic acids is 1. The highest BCUT2D eigenvalue weighted by molar-refractivity contribution is 14.0. The summed E-state index contributed by atoms with van der Waals surface area (Å²) in [4.78, 5) is 16.4. The smallest absolute Gasteiger partial charge is 0.287 e. The molecule has 1 aromatic heterocycles. The number of nitrogens with zero attached hydrogens (tertiary/aromatic N) is 1. The predicted octanol–water partition coefficient (Wildman–Crippen LogP) is 3.04. The number of amides is 1. The Morgan fingerprint density at radius 1 is 1.10 bits per heavy atom. The maximum atomic E-state index is 11.8. The molecule has 0 saturated carbocycles. The molecule has 3 N–H and O–H groups in total. The van der Waals surface area contributed by atoms with Crippen LogP contribution in [0.2, 0.25) is 0 Å². The van der Waals surface area contributed by atoms with Crippen LogP contribution in [0.1, 0.15) is 30.0 Å². The standard InChI is InChI=1S/C21H30N4O3.HI/c1-3-22-21(24-12-11-23-20(26)19-10-7-13-28-19)25-14-17(2)15-27-16-18-8-5-4-6-9-18;/h4-10,13,17H,3,11-12,14-16H2,1-2H3,(H,23,26)(H2,22,24,25);1H. The van der Waals surface area contributed by atoms with E-state index in [2.05, 4.69) is 40.0 Å². The third kappa shape index (κ3) is 10.3. The first-order valence-electron chi connectivity index (χ1n) is 9.64. The zero-order valence-corrected chi connectivity index (χ0v) is 19.3. The van der Waals surface area contributed by atoms with Gasteiger partial charge in [0.25, 0.3) is 5.91 Å². The van der Waals surface area contributed by atoms with Crippen molar-refractivity contribution in [3.05, 3.63) is 60.1 Å². The largest absolute Gasteiger partial charge is 0.459 e.